The molecule has 166 valence electrons. The number of nitrogens with one attached hydrogen (secondary N) is 1. The van der Waals surface area contributed by atoms with Gasteiger partial charge in [0.05, 0.1) is 18.4 Å². The molecule has 2 aromatic carbocycles. The Morgan fingerprint density at radius 1 is 1.03 bits per heavy atom. The van der Waals surface area contributed by atoms with Crippen molar-refractivity contribution in [3.63, 3.8) is 0 Å². The minimum absolute atomic E-state index is 0.363. The molecule has 4 rings (SSSR count). The molecular weight excluding hydrogens is 404 g/mol. The van der Waals surface area contributed by atoms with Crippen LogP contribution in [-0.4, -0.2) is 54.2 Å². The zero-order chi connectivity index (χ0) is 22.2. The van der Waals surface area contributed by atoms with E-state index >= 15 is 0 Å². The highest BCUT2D eigenvalue weighted by atomic mass is 16.5. The van der Waals surface area contributed by atoms with Gasteiger partial charge in [0, 0.05) is 23.9 Å². The fourth-order valence-corrected chi connectivity index (χ4v) is 3.80. The number of esters is 1. The predicted octanol–water partition coefficient (Wildman–Crippen LogP) is 4.54. The van der Waals surface area contributed by atoms with E-state index in [1.807, 2.05) is 42.5 Å². The Kier molecular flexibility index (Phi) is 7.30. The Bertz CT molecular complexity index is 1030. The van der Waals surface area contributed by atoms with Gasteiger partial charge in [-0.25, -0.2) is 14.8 Å². The van der Waals surface area contributed by atoms with Gasteiger partial charge in [-0.15, -0.1) is 0 Å². The molecular formula is C25H28N4O3. The highest BCUT2D eigenvalue weighted by Gasteiger charge is 2.12. The van der Waals surface area contributed by atoms with Crippen LogP contribution >= 0.6 is 0 Å². The molecule has 1 saturated heterocycles. The van der Waals surface area contributed by atoms with E-state index in [9.17, 15) is 4.79 Å². The first kappa shape index (κ1) is 21.8. The smallest absolute Gasteiger partial charge is 0.337 e. The summed E-state index contributed by atoms with van der Waals surface area (Å²) in [4.78, 5) is 22.8. The molecule has 0 amide bonds. The number of carbonyl (C=O) groups is 1. The summed E-state index contributed by atoms with van der Waals surface area (Å²) >= 11 is 0. The SMILES string of the molecule is COC(=O)c1ccc(Nc2cc(-c3ccccc3OCCN3CCCCC3)ncn2)cc1. The minimum Gasteiger partial charge on any atom is -0.492 e. The van der Waals surface area contributed by atoms with E-state index < -0.39 is 0 Å². The van der Waals surface area contributed by atoms with Gasteiger partial charge in [-0.2, -0.15) is 0 Å². The Morgan fingerprint density at radius 3 is 2.59 bits per heavy atom. The number of anilines is 2. The van der Waals surface area contributed by atoms with Gasteiger partial charge in [0.1, 0.15) is 24.5 Å². The number of nitrogens with zero attached hydrogens (tertiary/aromatic N) is 3. The Labute approximate surface area is 188 Å². The summed E-state index contributed by atoms with van der Waals surface area (Å²) in [5.74, 6) is 1.11. The van der Waals surface area contributed by atoms with Crippen LogP contribution in [0.5, 0.6) is 5.75 Å². The Balaban J connectivity index is 1.44. The molecule has 0 radical (unpaired) electrons. The van der Waals surface area contributed by atoms with Gasteiger partial charge in [-0.05, 0) is 62.3 Å². The lowest BCUT2D eigenvalue weighted by Gasteiger charge is -2.26. The van der Waals surface area contributed by atoms with Gasteiger partial charge in [-0.3, -0.25) is 4.90 Å². The third kappa shape index (κ3) is 5.62. The van der Waals surface area contributed by atoms with E-state index in [1.165, 1.54) is 32.7 Å². The van der Waals surface area contributed by atoms with Crippen molar-refractivity contribution >= 4 is 17.5 Å². The fraction of sp³-hybridized carbons (Fsp3) is 0.320. The number of piperidine rings is 1. The summed E-state index contributed by atoms with van der Waals surface area (Å²) in [7, 11) is 1.37. The second-order valence-corrected chi connectivity index (χ2v) is 7.73. The van der Waals surface area contributed by atoms with Crippen molar-refractivity contribution in [3.05, 3.63) is 66.5 Å². The first-order chi connectivity index (χ1) is 15.7. The van der Waals surface area contributed by atoms with Gasteiger partial charge in [0.15, 0.2) is 0 Å². The second kappa shape index (κ2) is 10.7. The molecule has 2 heterocycles. The van der Waals surface area contributed by atoms with Crippen LogP contribution in [0.25, 0.3) is 11.3 Å². The maximum atomic E-state index is 11.6. The normalized spacial score (nSPS) is 14.0. The van der Waals surface area contributed by atoms with E-state index in [4.69, 9.17) is 9.47 Å². The Hall–Kier alpha value is -3.45. The zero-order valence-corrected chi connectivity index (χ0v) is 18.3. The van der Waals surface area contributed by atoms with Crippen LogP contribution in [0.4, 0.5) is 11.5 Å². The summed E-state index contributed by atoms with van der Waals surface area (Å²) in [5.41, 5.74) is 3.02. The largest absolute Gasteiger partial charge is 0.492 e. The van der Waals surface area contributed by atoms with Crippen molar-refractivity contribution in [1.82, 2.24) is 14.9 Å². The average molecular weight is 433 g/mol. The molecule has 32 heavy (non-hydrogen) atoms. The molecule has 7 heteroatoms. The first-order valence-electron chi connectivity index (χ1n) is 10.9. The molecule has 0 bridgehead atoms. The van der Waals surface area contributed by atoms with Crippen LogP contribution in [0.1, 0.15) is 29.6 Å². The van der Waals surface area contributed by atoms with Gasteiger partial charge < -0.3 is 14.8 Å². The van der Waals surface area contributed by atoms with Crippen LogP contribution < -0.4 is 10.1 Å². The summed E-state index contributed by atoms with van der Waals surface area (Å²) < 4.78 is 10.9. The lowest BCUT2D eigenvalue weighted by molar-refractivity contribution is 0.0601. The number of hydrogen-bond donors (Lipinski definition) is 1. The summed E-state index contributed by atoms with van der Waals surface area (Å²) in [5, 5.41) is 3.25. The third-order valence-corrected chi connectivity index (χ3v) is 5.52. The maximum absolute atomic E-state index is 11.6. The van der Waals surface area contributed by atoms with Crippen LogP contribution in [0.3, 0.4) is 0 Å². The van der Waals surface area contributed by atoms with E-state index in [0.717, 1.165) is 42.3 Å². The molecule has 1 aliphatic heterocycles. The van der Waals surface area contributed by atoms with Crippen molar-refractivity contribution in [3.8, 4) is 17.0 Å². The number of carbonyl (C=O) groups excluding carboxylic acids is 1. The molecule has 0 saturated carbocycles. The average Bonchev–Trinajstić information content (AvgIpc) is 2.85. The quantitative estimate of drug-likeness (QED) is 0.524. The predicted molar refractivity (Wildman–Crippen MR) is 124 cm³/mol. The molecule has 0 spiro atoms. The topological polar surface area (TPSA) is 76.6 Å². The Morgan fingerprint density at radius 2 is 1.81 bits per heavy atom. The molecule has 0 unspecified atom stereocenters. The van der Waals surface area contributed by atoms with Gasteiger partial charge in [0.25, 0.3) is 0 Å². The number of rotatable bonds is 8. The summed E-state index contributed by atoms with van der Waals surface area (Å²) in [6, 6.07) is 16.9. The molecule has 1 fully saturated rings. The monoisotopic (exact) mass is 432 g/mol. The molecule has 0 atom stereocenters. The zero-order valence-electron chi connectivity index (χ0n) is 18.3. The minimum atomic E-state index is -0.363. The van der Waals surface area contributed by atoms with E-state index in [-0.39, 0.29) is 5.97 Å². The lowest BCUT2D eigenvalue weighted by atomic mass is 10.1. The van der Waals surface area contributed by atoms with Crippen molar-refractivity contribution in [2.24, 2.45) is 0 Å². The number of methoxy groups -OCH3 is 1. The number of hydrogen-bond acceptors (Lipinski definition) is 7. The van der Waals surface area contributed by atoms with Crippen molar-refractivity contribution in [2.75, 3.05) is 38.7 Å². The number of ether oxygens (including phenoxy) is 2. The number of likely N-dealkylation sites (tertiary alicyclic amines) is 1. The fourth-order valence-electron chi connectivity index (χ4n) is 3.80. The van der Waals surface area contributed by atoms with E-state index in [2.05, 4.69) is 20.2 Å². The molecule has 1 aromatic heterocycles. The van der Waals surface area contributed by atoms with Gasteiger partial charge in [-0.1, -0.05) is 18.6 Å². The van der Waals surface area contributed by atoms with E-state index in [1.54, 1.807) is 12.1 Å². The second-order valence-electron chi connectivity index (χ2n) is 7.73. The third-order valence-electron chi connectivity index (χ3n) is 5.52. The molecule has 1 aliphatic rings. The standard InChI is InChI=1S/C25H28N4O3/c1-31-25(30)19-9-11-20(12-10-19)28-24-17-22(26-18-27-24)21-7-3-4-8-23(21)32-16-15-29-13-5-2-6-14-29/h3-4,7-12,17-18H,2,5-6,13-16H2,1H3,(H,26,27,28). The van der Waals surface area contributed by atoms with Crippen LogP contribution in [0, 0.1) is 0 Å². The maximum Gasteiger partial charge on any atom is 0.337 e. The number of para-hydroxylation sites is 1. The van der Waals surface area contributed by atoms with Crippen molar-refractivity contribution in [1.29, 1.82) is 0 Å². The van der Waals surface area contributed by atoms with Gasteiger partial charge in [0.2, 0.25) is 0 Å². The summed E-state index contributed by atoms with van der Waals surface area (Å²) in [6.07, 6.45) is 5.42. The van der Waals surface area contributed by atoms with Crippen LogP contribution in [0.15, 0.2) is 60.9 Å². The van der Waals surface area contributed by atoms with Crippen molar-refractivity contribution < 1.29 is 14.3 Å². The highest BCUT2D eigenvalue weighted by Crippen LogP contribution is 2.30. The molecule has 1 N–H and O–H groups in total. The first-order valence-corrected chi connectivity index (χ1v) is 10.9. The molecule has 7 nitrogen and oxygen atoms in total. The van der Waals surface area contributed by atoms with Crippen LogP contribution in [0.2, 0.25) is 0 Å². The van der Waals surface area contributed by atoms with E-state index in [0.29, 0.717) is 18.0 Å². The number of aromatic nitrogens is 2. The number of benzene rings is 2. The van der Waals surface area contributed by atoms with Gasteiger partial charge >= 0.3 is 5.97 Å². The molecule has 3 aromatic rings. The summed E-state index contributed by atoms with van der Waals surface area (Å²) in [6.45, 7) is 3.91. The van der Waals surface area contributed by atoms with Crippen molar-refractivity contribution in [2.45, 2.75) is 19.3 Å². The highest BCUT2D eigenvalue weighted by molar-refractivity contribution is 5.89. The van der Waals surface area contributed by atoms with Crippen LogP contribution in [-0.2, 0) is 4.74 Å². The lowest BCUT2D eigenvalue weighted by Crippen LogP contribution is -2.33. The molecule has 0 aliphatic carbocycles.